The van der Waals surface area contributed by atoms with Crippen LogP contribution in [0, 0.1) is 0 Å². The Morgan fingerprint density at radius 1 is 0.800 bits per heavy atom. The first kappa shape index (κ1) is 21.2. The molecule has 0 atom stereocenters. The van der Waals surface area contributed by atoms with Crippen molar-refractivity contribution in [2.24, 2.45) is 0 Å². The molecule has 0 bridgehead atoms. The van der Waals surface area contributed by atoms with Gasteiger partial charge in [0.2, 0.25) is 5.75 Å². The quantitative estimate of drug-likeness (QED) is 0.548. The van der Waals surface area contributed by atoms with E-state index in [1.807, 2.05) is 6.07 Å². The van der Waals surface area contributed by atoms with Crippen molar-refractivity contribution in [2.45, 2.75) is 0 Å². The molecule has 0 aliphatic carbocycles. The molecule has 1 amide bonds. The molecule has 0 saturated carbocycles. The van der Waals surface area contributed by atoms with Crippen molar-refractivity contribution in [3.8, 4) is 17.2 Å². The number of rotatable bonds is 7. The zero-order valence-electron chi connectivity index (χ0n) is 16.7. The topological polar surface area (TPSA) is 73.9 Å². The van der Waals surface area contributed by atoms with E-state index in [-0.39, 0.29) is 16.9 Å². The van der Waals surface area contributed by atoms with Gasteiger partial charge in [-0.15, -0.1) is 0 Å². The highest BCUT2D eigenvalue weighted by Gasteiger charge is 2.20. The second-order valence-electron chi connectivity index (χ2n) is 6.25. The number of hydrogen-bond acceptors (Lipinski definition) is 5. The van der Waals surface area contributed by atoms with Gasteiger partial charge in [-0.2, -0.15) is 0 Å². The van der Waals surface area contributed by atoms with Gasteiger partial charge in [-0.3, -0.25) is 9.59 Å². The molecule has 154 valence electrons. The number of carbonyl (C=O) groups excluding carboxylic acids is 2. The average Bonchev–Trinajstić information content (AvgIpc) is 2.79. The van der Waals surface area contributed by atoms with Crippen LogP contribution in [0.15, 0.2) is 60.7 Å². The number of nitrogens with one attached hydrogen (secondary N) is 1. The van der Waals surface area contributed by atoms with E-state index in [0.717, 1.165) is 0 Å². The summed E-state index contributed by atoms with van der Waals surface area (Å²) in [4.78, 5) is 25.9. The van der Waals surface area contributed by atoms with Crippen LogP contribution in [0.1, 0.15) is 26.3 Å². The fourth-order valence-electron chi connectivity index (χ4n) is 2.97. The zero-order chi connectivity index (χ0) is 21.7. The smallest absolute Gasteiger partial charge is 0.255 e. The Balaban J connectivity index is 1.97. The monoisotopic (exact) mass is 425 g/mol. The molecular weight excluding hydrogens is 406 g/mol. The van der Waals surface area contributed by atoms with E-state index in [1.54, 1.807) is 36.4 Å². The standard InChI is InChI=1S/C23H20ClNO5/c1-28-19-11-15(12-20(29-2)22(19)30-3)23(27)25-18-10-9-16(24)13-17(18)21(26)14-7-5-4-6-8-14/h4-13H,1-3H3,(H,25,27). The van der Waals surface area contributed by atoms with Crippen molar-refractivity contribution in [3.05, 3.63) is 82.4 Å². The number of benzene rings is 3. The Morgan fingerprint density at radius 3 is 2.00 bits per heavy atom. The maximum Gasteiger partial charge on any atom is 0.255 e. The number of carbonyl (C=O) groups is 2. The minimum atomic E-state index is -0.446. The Bertz CT molecular complexity index is 1060. The lowest BCUT2D eigenvalue weighted by atomic mass is 10.0. The summed E-state index contributed by atoms with van der Waals surface area (Å²) in [6.07, 6.45) is 0. The van der Waals surface area contributed by atoms with E-state index in [9.17, 15) is 9.59 Å². The summed E-state index contributed by atoms with van der Waals surface area (Å²) in [5.41, 5.74) is 1.39. The van der Waals surface area contributed by atoms with Gasteiger partial charge in [0.15, 0.2) is 17.3 Å². The molecule has 3 aromatic carbocycles. The number of amides is 1. The highest BCUT2D eigenvalue weighted by Crippen LogP contribution is 2.38. The number of ether oxygens (including phenoxy) is 3. The summed E-state index contributed by atoms with van der Waals surface area (Å²) in [6.45, 7) is 0. The van der Waals surface area contributed by atoms with Crippen LogP contribution in [-0.4, -0.2) is 33.0 Å². The molecule has 30 heavy (non-hydrogen) atoms. The van der Waals surface area contributed by atoms with Crippen LogP contribution in [0.2, 0.25) is 5.02 Å². The third-order valence-corrected chi connectivity index (χ3v) is 4.67. The molecule has 3 rings (SSSR count). The first-order valence-electron chi connectivity index (χ1n) is 8.99. The lowest BCUT2D eigenvalue weighted by molar-refractivity contribution is 0.102. The molecular formula is C23H20ClNO5. The van der Waals surface area contributed by atoms with Crippen molar-refractivity contribution in [3.63, 3.8) is 0 Å². The largest absolute Gasteiger partial charge is 0.493 e. The molecule has 1 N–H and O–H groups in total. The van der Waals surface area contributed by atoms with Gasteiger partial charge >= 0.3 is 0 Å². The predicted octanol–water partition coefficient (Wildman–Crippen LogP) is 4.85. The average molecular weight is 426 g/mol. The van der Waals surface area contributed by atoms with Crippen LogP contribution in [-0.2, 0) is 0 Å². The summed E-state index contributed by atoms with van der Waals surface area (Å²) >= 11 is 6.10. The van der Waals surface area contributed by atoms with Crippen LogP contribution in [0.4, 0.5) is 5.69 Å². The molecule has 0 aliphatic heterocycles. The lowest BCUT2D eigenvalue weighted by Crippen LogP contribution is -2.16. The minimum absolute atomic E-state index is 0.252. The fraction of sp³-hybridized carbons (Fsp3) is 0.130. The molecule has 7 heteroatoms. The van der Waals surface area contributed by atoms with Gasteiger partial charge in [-0.25, -0.2) is 0 Å². The van der Waals surface area contributed by atoms with Crippen LogP contribution in [0.5, 0.6) is 17.2 Å². The van der Waals surface area contributed by atoms with Gasteiger partial charge in [-0.1, -0.05) is 41.9 Å². The van der Waals surface area contributed by atoms with Crippen molar-refractivity contribution in [1.29, 1.82) is 0 Å². The molecule has 0 aromatic heterocycles. The fourth-order valence-corrected chi connectivity index (χ4v) is 3.14. The lowest BCUT2D eigenvalue weighted by Gasteiger charge is -2.15. The van der Waals surface area contributed by atoms with Crippen molar-refractivity contribution in [1.82, 2.24) is 0 Å². The first-order valence-corrected chi connectivity index (χ1v) is 9.37. The van der Waals surface area contributed by atoms with E-state index in [2.05, 4.69) is 5.32 Å². The first-order chi connectivity index (χ1) is 14.5. The highest BCUT2D eigenvalue weighted by molar-refractivity contribution is 6.31. The maximum absolute atomic E-state index is 13.0. The number of halogens is 1. The van der Waals surface area contributed by atoms with E-state index >= 15 is 0 Å². The Kier molecular flexibility index (Phi) is 6.59. The van der Waals surface area contributed by atoms with E-state index in [4.69, 9.17) is 25.8 Å². The van der Waals surface area contributed by atoms with E-state index in [0.29, 0.717) is 33.5 Å². The molecule has 0 radical (unpaired) electrons. The summed E-state index contributed by atoms with van der Waals surface area (Å²) in [5.74, 6) is 0.373. The molecule has 6 nitrogen and oxygen atoms in total. The summed E-state index contributed by atoms with van der Waals surface area (Å²) in [7, 11) is 4.42. The number of anilines is 1. The van der Waals surface area contributed by atoms with Crippen molar-refractivity contribution >= 4 is 29.0 Å². The third kappa shape index (κ3) is 4.39. The second-order valence-corrected chi connectivity index (χ2v) is 6.69. The summed E-state index contributed by atoms with van der Waals surface area (Å²) in [5, 5.41) is 3.16. The van der Waals surface area contributed by atoms with Crippen LogP contribution in [0.25, 0.3) is 0 Å². The van der Waals surface area contributed by atoms with Crippen molar-refractivity contribution < 1.29 is 23.8 Å². The highest BCUT2D eigenvalue weighted by atomic mass is 35.5. The number of methoxy groups -OCH3 is 3. The van der Waals surface area contributed by atoms with Gasteiger partial charge in [0.05, 0.1) is 27.0 Å². The second kappa shape index (κ2) is 9.33. The molecule has 0 heterocycles. The molecule has 0 aliphatic rings. The Labute approximate surface area is 179 Å². The maximum atomic E-state index is 13.0. The number of hydrogen-bond donors (Lipinski definition) is 1. The van der Waals surface area contributed by atoms with Crippen LogP contribution in [0.3, 0.4) is 0 Å². The van der Waals surface area contributed by atoms with Gasteiger partial charge < -0.3 is 19.5 Å². The number of ketones is 1. The van der Waals surface area contributed by atoms with Gasteiger partial charge in [0, 0.05) is 21.7 Å². The van der Waals surface area contributed by atoms with Crippen LogP contribution >= 0.6 is 11.6 Å². The van der Waals surface area contributed by atoms with Gasteiger partial charge in [-0.05, 0) is 30.3 Å². The SMILES string of the molecule is COc1cc(C(=O)Nc2ccc(Cl)cc2C(=O)c2ccccc2)cc(OC)c1OC. The van der Waals surface area contributed by atoms with Gasteiger partial charge in [0.25, 0.3) is 5.91 Å². The van der Waals surface area contributed by atoms with Crippen LogP contribution < -0.4 is 19.5 Å². The normalized spacial score (nSPS) is 10.3. The zero-order valence-corrected chi connectivity index (χ0v) is 17.4. The summed E-state index contributed by atoms with van der Waals surface area (Å²) < 4.78 is 15.9. The minimum Gasteiger partial charge on any atom is -0.493 e. The third-order valence-electron chi connectivity index (χ3n) is 4.44. The molecule has 0 unspecified atom stereocenters. The molecule has 0 spiro atoms. The molecule has 0 fully saturated rings. The predicted molar refractivity (Wildman–Crippen MR) is 115 cm³/mol. The summed E-state index contributed by atoms with van der Waals surface area (Å²) in [6, 6.07) is 16.6. The van der Waals surface area contributed by atoms with Crippen molar-refractivity contribution in [2.75, 3.05) is 26.6 Å². The Hall–Kier alpha value is -3.51. The van der Waals surface area contributed by atoms with E-state index < -0.39 is 5.91 Å². The van der Waals surface area contributed by atoms with E-state index in [1.165, 1.54) is 39.5 Å². The molecule has 0 saturated heterocycles. The Morgan fingerprint density at radius 2 is 1.43 bits per heavy atom. The van der Waals surface area contributed by atoms with Gasteiger partial charge in [0.1, 0.15) is 0 Å². The molecule has 3 aromatic rings.